The van der Waals surface area contributed by atoms with Gasteiger partial charge in [-0.25, -0.2) is 0 Å². The van der Waals surface area contributed by atoms with Crippen molar-refractivity contribution in [3.8, 4) is 28.0 Å². The predicted molar refractivity (Wildman–Crippen MR) is 152 cm³/mol. The molecule has 2 heterocycles. The molecule has 6 rings (SSSR count). The predicted octanol–water partition coefficient (Wildman–Crippen LogP) is 6.48. The Morgan fingerprint density at radius 3 is 2.16 bits per heavy atom. The third-order valence-electron chi connectivity index (χ3n) is 6.99. The third kappa shape index (κ3) is 4.64. The van der Waals surface area contributed by atoms with Crippen LogP contribution in [-0.2, 0) is 4.79 Å². The van der Waals surface area contributed by atoms with Crippen LogP contribution in [0.2, 0.25) is 0 Å². The minimum Gasteiger partial charge on any atom is -0.508 e. The van der Waals surface area contributed by atoms with E-state index >= 15 is 0 Å². The average molecular weight is 519 g/mol. The highest BCUT2D eigenvalue weighted by Crippen LogP contribution is 2.46. The van der Waals surface area contributed by atoms with Crippen LogP contribution >= 0.6 is 11.8 Å². The van der Waals surface area contributed by atoms with Crippen molar-refractivity contribution in [2.24, 2.45) is 0 Å². The van der Waals surface area contributed by atoms with Crippen LogP contribution < -0.4 is 4.90 Å². The van der Waals surface area contributed by atoms with E-state index in [1.165, 1.54) is 11.8 Å². The van der Waals surface area contributed by atoms with Gasteiger partial charge in [0, 0.05) is 23.8 Å². The van der Waals surface area contributed by atoms with E-state index in [2.05, 4.69) is 4.98 Å². The molecule has 5 nitrogen and oxygen atoms in total. The molecule has 3 aliphatic rings. The summed E-state index contributed by atoms with van der Waals surface area (Å²) in [6, 6.07) is 32.7. The van der Waals surface area contributed by atoms with Gasteiger partial charge in [-0.05, 0) is 75.8 Å². The number of carbonyl (C=O) groups excluding carboxylic acids is 1. The Balaban J connectivity index is 1.23. The first-order valence-corrected chi connectivity index (χ1v) is 13.5. The fourth-order valence-electron chi connectivity index (χ4n) is 4.98. The standard InChI is InChI=1S/C32H26N2O3S/c35-28-14-10-22(11-15-28)30-31(38-20-29(36)26-17-23-5-2-1-3-6-24(23)18-26)32(37)34(30)27-12-8-21(9-13-27)25-7-4-16-33-19-25/h1-19,29-31,35-36H,20H2/t29?,30-,31-/m1/s1. The highest BCUT2D eigenvalue weighted by atomic mass is 32.2. The van der Waals surface area contributed by atoms with E-state index in [1.807, 2.05) is 97.2 Å². The number of aliphatic hydroxyl groups is 1. The average Bonchev–Trinajstić information content (AvgIpc) is 3.23. The Labute approximate surface area is 225 Å². The second kappa shape index (κ2) is 10.3. The quantitative estimate of drug-likeness (QED) is 0.241. The van der Waals surface area contributed by atoms with Gasteiger partial charge < -0.3 is 15.1 Å². The molecule has 2 aliphatic carbocycles. The zero-order chi connectivity index (χ0) is 26.1. The van der Waals surface area contributed by atoms with Crippen molar-refractivity contribution < 1.29 is 15.0 Å². The largest absolute Gasteiger partial charge is 0.508 e. The van der Waals surface area contributed by atoms with Crippen molar-refractivity contribution in [3.63, 3.8) is 0 Å². The minimum absolute atomic E-state index is 0.00842. The second-order valence-corrected chi connectivity index (χ2v) is 10.6. The molecule has 6 heteroatoms. The van der Waals surface area contributed by atoms with Gasteiger partial charge >= 0.3 is 0 Å². The number of aliphatic hydroxyl groups excluding tert-OH is 1. The molecule has 1 unspecified atom stereocenters. The van der Waals surface area contributed by atoms with Crippen LogP contribution in [0.5, 0.6) is 5.75 Å². The molecule has 188 valence electrons. The maximum absolute atomic E-state index is 13.5. The van der Waals surface area contributed by atoms with Crippen LogP contribution in [0.15, 0.2) is 116 Å². The molecule has 3 atom stereocenters. The Morgan fingerprint density at radius 2 is 1.50 bits per heavy atom. The summed E-state index contributed by atoms with van der Waals surface area (Å²) in [7, 11) is 0. The number of rotatable bonds is 7. The molecule has 2 aromatic carbocycles. The number of anilines is 1. The number of carbonyl (C=O) groups is 1. The number of nitrogens with zero attached hydrogens (tertiary/aromatic N) is 2. The second-order valence-electron chi connectivity index (χ2n) is 9.41. The number of phenols is 1. The first-order chi connectivity index (χ1) is 18.6. The molecule has 1 fully saturated rings. The summed E-state index contributed by atoms with van der Waals surface area (Å²) >= 11 is 1.48. The lowest BCUT2D eigenvalue weighted by molar-refractivity contribution is -0.123. The van der Waals surface area contributed by atoms with Crippen molar-refractivity contribution in [2.45, 2.75) is 17.4 Å². The van der Waals surface area contributed by atoms with Gasteiger partial charge in [-0.15, -0.1) is 11.8 Å². The number of hydrogen-bond donors (Lipinski definition) is 2. The van der Waals surface area contributed by atoms with E-state index in [9.17, 15) is 15.0 Å². The fraction of sp³-hybridized carbons (Fsp3) is 0.125. The summed E-state index contributed by atoms with van der Waals surface area (Å²) in [4.78, 5) is 19.5. The highest BCUT2D eigenvalue weighted by molar-refractivity contribution is 8.00. The van der Waals surface area contributed by atoms with E-state index in [4.69, 9.17) is 0 Å². The third-order valence-corrected chi connectivity index (χ3v) is 8.32. The number of benzene rings is 2. The maximum atomic E-state index is 13.5. The van der Waals surface area contributed by atoms with E-state index in [0.29, 0.717) is 5.75 Å². The Kier molecular flexibility index (Phi) is 6.58. The monoisotopic (exact) mass is 518 g/mol. The van der Waals surface area contributed by atoms with Gasteiger partial charge in [-0.1, -0.05) is 60.7 Å². The van der Waals surface area contributed by atoms with Gasteiger partial charge in [0.15, 0.2) is 0 Å². The maximum Gasteiger partial charge on any atom is 0.243 e. The summed E-state index contributed by atoms with van der Waals surface area (Å²) in [5.74, 6) is 0.596. The topological polar surface area (TPSA) is 73.7 Å². The smallest absolute Gasteiger partial charge is 0.243 e. The number of aromatic hydroxyl groups is 1. The number of aromatic nitrogens is 1. The van der Waals surface area contributed by atoms with Crippen LogP contribution in [0, 0.1) is 0 Å². The van der Waals surface area contributed by atoms with Gasteiger partial charge in [-0.3, -0.25) is 9.78 Å². The van der Waals surface area contributed by atoms with E-state index in [0.717, 1.165) is 39.1 Å². The molecule has 0 radical (unpaired) electrons. The van der Waals surface area contributed by atoms with Crippen LogP contribution in [0.4, 0.5) is 5.69 Å². The van der Waals surface area contributed by atoms with Gasteiger partial charge in [0.25, 0.3) is 0 Å². The highest BCUT2D eigenvalue weighted by Gasteiger charge is 2.49. The number of fused-ring (bicyclic) bond motifs is 1. The Morgan fingerprint density at radius 1 is 0.816 bits per heavy atom. The van der Waals surface area contributed by atoms with Crippen LogP contribution in [-0.4, -0.2) is 32.1 Å². The molecule has 0 bridgehead atoms. The minimum atomic E-state index is -0.682. The van der Waals surface area contributed by atoms with E-state index in [1.54, 1.807) is 23.2 Å². The van der Waals surface area contributed by atoms with E-state index < -0.39 is 6.10 Å². The van der Waals surface area contributed by atoms with Gasteiger partial charge in [0.05, 0.1) is 12.1 Å². The zero-order valence-electron chi connectivity index (χ0n) is 20.5. The lowest BCUT2D eigenvalue weighted by atomic mass is 9.92. The van der Waals surface area contributed by atoms with Crippen molar-refractivity contribution in [2.75, 3.05) is 10.7 Å². The summed E-state index contributed by atoms with van der Waals surface area (Å²) in [5, 5.41) is 20.5. The molecule has 1 aromatic heterocycles. The lowest BCUT2D eigenvalue weighted by Gasteiger charge is -2.47. The van der Waals surface area contributed by atoms with E-state index in [-0.39, 0.29) is 22.9 Å². The number of amides is 1. The van der Waals surface area contributed by atoms with Gasteiger partial charge in [0.2, 0.25) is 5.91 Å². The number of hydrogen-bond acceptors (Lipinski definition) is 5. The molecule has 2 N–H and O–H groups in total. The molecular weight excluding hydrogens is 492 g/mol. The first-order valence-electron chi connectivity index (χ1n) is 12.5. The van der Waals surface area contributed by atoms with Crippen LogP contribution in [0.1, 0.15) is 23.3 Å². The van der Waals surface area contributed by atoms with Gasteiger partial charge in [0.1, 0.15) is 11.0 Å². The molecule has 0 saturated carbocycles. The Hall–Kier alpha value is -4.13. The molecular formula is C32H26N2O3S. The van der Waals surface area contributed by atoms with Crippen molar-refractivity contribution in [1.29, 1.82) is 0 Å². The number of pyridine rings is 1. The molecule has 0 spiro atoms. The summed E-state index contributed by atoms with van der Waals surface area (Å²) in [6.07, 6.45) is 2.88. The van der Waals surface area contributed by atoms with Crippen molar-refractivity contribution >= 4 is 23.4 Å². The first kappa shape index (κ1) is 24.2. The molecule has 1 aliphatic heterocycles. The molecule has 3 aromatic rings. The number of β-lactam (4-membered cyclic amide) rings is 1. The molecule has 38 heavy (non-hydrogen) atoms. The Bertz CT molecular complexity index is 1490. The number of phenolic OH excluding ortho intramolecular Hbond substituents is 1. The van der Waals surface area contributed by atoms with Crippen molar-refractivity contribution in [3.05, 3.63) is 127 Å². The fourth-order valence-corrected chi connectivity index (χ4v) is 6.28. The summed E-state index contributed by atoms with van der Waals surface area (Å²) in [5.41, 5.74) is 6.81. The van der Waals surface area contributed by atoms with Crippen LogP contribution in [0.3, 0.4) is 0 Å². The summed E-state index contributed by atoms with van der Waals surface area (Å²) in [6.45, 7) is 0. The normalized spacial score (nSPS) is 17.8. The zero-order valence-corrected chi connectivity index (χ0v) is 21.3. The lowest BCUT2D eigenvalue weighted by Crippen LogP contribution is -2.57. The SMILES string of the molecule is O=C1[C@H](SCC(O)c2cc3cccccc-3c2)[C@@H](c2ccc(O)cc2)N1c1ccc(-c2cccnc2)cc1. The van der Waals surface area contributed by atoms with Crippen LogP contribution in [0.25, 0.3) is 22.3 Å². The van der Waals surface area contributed by atoms with Gasteiger partial charge in [-0.2, -0.15) is 0 Å². The molecule has 1 amide bonds. The summed E-state index contributed by atoms with van der Waals surface area (Å²) < 4.78 is 0. The van der Waals surface area contributed by atoms with Crippen molar-refractivity contribution in [1.82, 2.24) is 4.98 Å². The number of thioether (sulfide) groups is 1. The molecule has 1 saturated heterocycles.